The molecule has 0 unspecified atom stereocenters. The van der Waals surface area contributed by atoms with Gasteiger partial charge in [0.1, 0.15) is 6.17 Å². The van der Waals surface area contributed by atoms with Crippen molar-refractivity contribution in [3.63, 3.8) is 0 Å². The van der Waals surface area contributed by atoms with Crippen LogP contribution in [0.15, 0.2) is 29.4 Å². The van der Waals surface area contributed by atoms with Crippen molar-refractivity contribution in [1.82, 2.24) is 28.9 Å². The Morgan fingerprint density at radius 1 is 1.25 bits per heavy atom. The molecule has 36 heavy (non-hydrogen) atoms. The molecule has 6 rings (SSSR count). The molecule has 1 aliphatic heterocycles. The van der Waals surface area contributed by atoms with Crippen LogP contribution in [0.2, 0.25) is 0 Å². The minimum Gasteiger partial charge on any atom is -0.365 e. The molecule has 2 fully saturated rings. The quantitative estimate of drug-likeness (QED) is 0.386. The van der Waals surface area contributed by atoms with Crippen LogP contribution in [0.3, 0.4) is 0 Å². The zero-order valence-corrected chi connectivity index (χ0v) is 20.7. The number of nitrogens with zero attached hydrogens (tertiary/aromatic N) is 6. The van der Waals surface area contributed by atoms with E-state index in [1.165, 1.54) is 22.9 Å². The summed E-state index contributed by atoms with van der Waals surface area (Å²) in [5, 5.41) is 7.15. The molecule has 0 radical (unpaired) electrons. The maximum absolute atomic E-state index is 14.6. The first kappa shape index (κ1) is 23.6. The number of alkyl halides is 3. The van der Waals surface area contributed by atoms with E-state index in [4.69, 9.17) is 5.73 Å². The van der Waals surface area contributed by atoms with E-state index in [0.717, 1.165) is 12.8 Å². The fourth-order valence-corrected chi connectivity index (χ4v) is 6.89. The number of anilines is 1. The third-order valence-electron chi connectivity index (χ3n) is 6.62. The standard InChI is InChI=1S/C21H23F3N8O2S2/c1-21(2-3-21)29-36(33,34)13-7-14(30-9-11(22)6-12(25)10-30)16-15(8-13)32(19-26-4-5-31(16)19)20-28-27-18(35-20)17(23)24/h4-5,7-8,11-12,17,29H,2-3,6,9-10,25H2,1H3/t11-,12+/m0/s1. The van der Waals surface area contributed by atoms with E-state index in [9.17, 15) is 21.6 Å². The van der Waals surface area contributed by atoms with Gasteiger partial charge in [-0.15, -0.1) is 10.2 Å². The van der Waals surface area contributed by atoms with E-state index in [-0.39, 0.29) is 23.0 Å². The number of imidazole rings is 2. The largest absolute Gasteiger partial charge is 0.365 e. The molecule has 3 aromatic heterocycles. The Hall–Kier alpha value is -2.75. The summed E-state index contributed by atoms with van der Waals surface area (Å²) in [6, 6.07) is 2.53. The molecular weight excluding hydrogens is 517 g/mol. The number of hydrogen-bond acceptors (Lipinski definition) is 8. The van der Waals surface area contributed by atoms with Crippen LogP contribution in [0, 0.1) is 0 Å². The zero-order valence-electron chi connectivity index (χ0n) is 19.1. The van der Waals surface area contributed by atoms with Crippen LogP contribution in [-0.2, 0) is 10.0 Å². The number of nitrogens with one attached hydrogen (secondary N) is 1. The molecule has 15 heteroatoms. The van der Waals surface area contributed by atoms with Gasteiger partial charge in [-0.2, -0.15) is 0 Å². The maximum Gasteiger partial charge on any atom is 0.291 e. The Balaban J connectivity index is 1.63. The van der Waals surface area contributed by atoms with Crippen molar-refractivity contribution in [2.75, 3.05) is 18.0 Å². The van der Waals surface area contributed by atoms with Crippen LogP contribution in [0.4, 0.5) is 18.9 Å². The molecule has 1 saturated carbocycles. The number of hydrogen-bond donors (Lipinski definition) is 2. The predicted molar refractivity (Wildman–Crippen MR) is 128 cm³/mol. The van der Waals surface area contributed by atoms with Crippen molar-refractivity contribution >= 4 is 43.9 Å². The van der Waals surface area contributed by atoms with Crippen LogP contribution in [0.5, 0.6) is 0 Å². The molecule has 4 heterocycles. The summed E-state index contributed by atoms with van der Waals surface area (Å²) in [5.74, 6) is 0.331. The van der Waals surface area contributed by atoms with Gasteiger partial charge in [-0.05, 0) is 38.3 Å². The third-order valence-corrected chi connectivity index (χ3v) is 9.15. The molecule has 2 atom stereocenters. The number of piperidine rings is 1. The van der Waals surface area contributed by atoms with Gasteiger partial charge in [0.05, 0.1) is 21.6 Å². The Labute approximate surface area is 208 Å². The average Bonchev–Trinajstić information content (AvgIpc) is 3.18. The highest BCUT2D eigenvalue weighted by Gasteiger charge is 2.42. The first-order chi connectivity index (χ1) is 17.0. The fraction of sp³-hybridized carbons (Fsp3) is 0.476. The summed E-state index contributed by atoms with van der Waals surface area (Å²) in [5.41, 5.74) is 6.94. The lowest BCUT2D eigenvalue weighted by Gasteiger charge is -2.35. The van der Waals surface area contributed by atoms with Crippen molar-refractivity contribution in [1.29, 1.82) is 0 Å². The lowest BCUT2D eigenvalue weighted by molar-refractivity contribution is 0.150. The number of rotatable bonds is 6. The zero-order chi connectivity index (χ0) is 25.4. The van der Waals surface area contributed by atoms with Gasteiger partial charge in [-0.25, -0.2) is 31.3 Å². The number of sulfonamides is 1. The number of aromatic nitrogens is 5. The fourth-order valence-electron chi connectivity index (χ4n) is 4.67. The van der Waals surface area contributed by atoms with Crippen LogP contribution >= 0.6 is 11.3 Å². The van der Waals surface area contributed by atoms with E-state index in [0.29, 0.717) is 40.4 Å². The molecule has 0 spiro atoms. The van der Waals surface area contributed by atoms with Gasteiger partial charge in [0, 0.05) is 37.1 Å². The summed E-state index contributed by atoms with van der Waals surface area (Å²) < 4.78 is 73.9. The first-order valence-electron chi connectivity index (χ1n) is 11.4. The molecule has 0 bridgehead atoms. The molecule has 1 saturated heterocycles. The Morgan fingerprint density at radius 2 is 2.03 bits per heavy atom. The Morgan fingerprint density at radius 3 is 2.69 bits per heavy atom. The number of nitrogens with two attached hydrogens (primary N) is 1. The molecule has 10 nitrogen and oxygen atoms in total. The van der Waals surface area contributed by atoms with Gasteiger partial charge in [0.25, 0.3) is 6.43 Å². The summed E-state index contributed by atoms with van der Waals surface area (Å²) in [4.78, 5) is 6.05. The van der Waals surface area contributed by atoms with Gasteiger partial charge >= 0.3 is 0 Å². The average molecular weight is 541 g/mol. The van der Waals surface area contributed by atoms with Crippen molar-refractivity contribution in [3.8, 4) is 5.13 Å². The lowest BCUT2D eigenvalue weighted by Crippen LogP contribution is -2.48. The number of fused-ring (bicyclic) bond motifs is 3. The number of benzene rings is 1. The van der Waals surface area contributed by atoms with Gasteiger partial charge < -0.3 is 10.6 Å². The van der Waals surface area contributed by atoms with Crippen molar-refractivity contribution in [2.24, 2.45) is 5.73 Å². The summed E-state index contributed by atoms with van der Waals surface area (Å²) >= 11 is 0.686. The molecule has 0 amide bonds. The maximum atomic E-state index is 14.6. The Kier molecular flexibility index (Phi) is 5.34. The third kappa shape index (κ3) is 3.93. The molecule has 3 N–H and O–H groups in total. The highest BCUT2D eigenvalue weighted by Crippen LogP contribution is 2.39. The van der Waals surface area contributed by atoms with E-state index in [1.807, 2.05) is 6.92 Å². The monoisotopic (exact) mass is 540 g/mol. The van der Waals surface area contributed by atoms with Gasteiger partial charge in [0.2, 0.25) is 20.9 Å². The smallest absolute Gasteiger partial charge is 0.291 e. The molecule has 1 aromatic carbocycles. The highest BCUT2D eigenvalue weighted by molar-refractivity contribution is 7.89. The van der Waals surface area contributed by atoms with Crippen molar-refractivity contribution in [3.05, 3.63) is 29.5 Å². The second-order valence-corrected chi connectivity index (χ2v) is 12.3. The predicted octanol–water partition coefficient (Wildman–Crippen LogP) is 2.77. The minimum absolute atomic E-state index is 0.0340. The summed E-state index contributed by atoms with van der Waals surface area (Å²) in [7, 11) is -3.96. The second-order valence-electron chi connectivity index (χ2n) is 9.63. The van der Waals surface area contributed by atoms with E-state index in [2.05, 4.69) is 19.9 Å². The number of halogens is 3. The van der Waals surface area contributed by atoms with Crippen LogP contribution < -0.4 is 15.4 Å². The van der Waals surface area contributed by atoms with E-state index in [1.54, 1.807) is 15.5 Å². The summed E-state index contributed by atoms with van der Waals surface area (Å²) in [6.07, 6.45) is 0.852. The van der Waals surface area contributed by atoms with Crippen LogP contribution in [0.1, 0.15) is 37.6 Å². The normalized spacial score (nSPS) is 22.2. The van der Waals surface area contributed by atoms with Crippen molar-refractivity contribution < 1.29 is 21.6 Å². The van der Waals surface area contributed by atoms with Crippen molar-refractivity contribution in [2.45, 2.75) is 55.3 Å². The molecule has 2 aliphatic rings. The lowest BCUT2D eigenvalue weighted by atomic mass is 10.0. The Bertz CT molecular complexity index is 1570. The van der Waals surface area contributed by atoms with Crippen LogP contribution in [0.25, 0.3) is 21.9 Å². The van der Waals surface area contributed by atoms with Gasteiger partial charge in [0.15, 0.2) is 5.01 Å². The van der Waals surface area contributed by atoms with Gasteiger partial charge in [-0.3, -0.25) is 8.97 Å². The summed E-state index contributed by atoms with van der Waals surface area (Å²) in [6.45, 7) is 2.18. The van der Waals surface area contributed by atoms with E-state index < -0.39 is 39.2 Å². The molecule has 192 valence electrons. The first-order valence-corrected chi connectivity index (χ1v) is 13.7. The van der Waals surface area contributed by atoms with Crippen LogP contribution in [-0.4, -0.2) is 63.4 Å². The van der Waals surface area contributed by atoms with E-state index >= 15 is 0 Å². The molecule has 4 aromatic rings. The molecule has 1 aliphatic carbocycles. The van der Waals surface area contributed by atoms with Gasteiger partial charge in [-0.1, -0.05) is 11.3 Å². The second kappa shape index (κ2) is 8.13. The SMILES string of the molecule is CC1(NS(=O)(=O)c2cc(N3C[C@H](N)C[C@H](F)C3)c3c(c2)n(-c2nnc(C(F)F)s2)c2nccn32)CC1. The molecular formula is C21H23F3N8O2S2. The minimum atomic E-state index is -3.96. The highest BCUT2D eigenvalue weighted by atomic mass is 32.2. The topological polar surface area (TPSA) is 123 Å².